The number of esters is 1. The number of ether oxygens (including phenoxy) is 1. The second-order valence-electron chi connectivity index (χ2n) is 7.12. The lowest BCUT2D eigenvalue weighted by Gasteiger charge is -2.19. The third-order valence-electron chi connectivity index (χ3n) is 4.97. The predicted molar refractivity (Wildman–Crippen MR) is 124 cm³/mol. The SMILES string of the molecule is CCN(CC)S(=O)(=O)c1cc(C(=O)OCC(=O)Nc2c(C#N)cnn2-c2ccccc2)ccc1F. The van der Waals surface area contributed by atoms with Crippen molar-refractivity contribution in [1.82, 2.24) is 14.1 Å². The van der Waals surface area contributed by atoms with Crippen LogP contribution in [0.25, 0.3) is 5.69 Å². The maximum atomic E-state index is 14.3. The molecule has 1 N–H and O–H groups in total. The van der Waals surface area contributed by atoms with Gasteiger partial charge in [-0.25, -0.2) is 22.3 Å². The molecule has 35 heavy (non-hydrogen) atoms. The lowest BCUT2D eigenvalue weighted by molar-refractivity contribution is -0.119. The normalized spacial score (nSPS) is 11.2. The average Bonchev–Trinajstić information content (AvgIpc) is 3.26. The Morgan fingerprint density at radius 2 is 1.86 bits per heavy atom. The summed E-state index contributed by atoms with van der Waals surface area (Å²) in [6.45, 7) is 2.72. The quantitative estimate of drug-likeness (QED) is 0.447. The molecule has 3 aromatic rings. The van der Waals surface area contributed by atoms with Crippen molar-refractivity contribution in [3.05, 3.63) is 71.7 Å². The average molecular weight is 500 g/mol. The van der Waals surface area contributed by atoms with Crippen molar-refractivity contribution in [3.63, 3.8) is 0 Å². The molecule has 1 amide bonds. The Hall–Kier alpha value is -4.08. The number of para-hydroxylation sites is 1. The van der Waals surface area contributed by atoms with Crippen molar-refractivity contribution in [3.8, 4) is 11.8 Å². The van der Waals surface area contributed by atoms with E-state index in [9.17, 15) is 27.7 Å². The Bertz CT molecular complexity index is 1380. The van der Waals surface area contributed by atoms with E-state index in [2.05, 4.69) is 10.4 Å². The van der Waals surface area contributed by atoms with Gasteiger partial charge in [0.15, 0.2) is 12.4 Å². The van der Waals surface area contributed by atoms with Crippen LogP contribution in [0.1, 0.15) is 29.8 Å². The molecule has 2 aromatic carbocycles. The van der Waals surface area contributed by atoms with Gasteiger partial charge in [-0.05, 0) is 30.3 Å². The summed E-state index contributed by atoms with van der Waals surface area (Å²) in [5, 5.41) is 15.9. The molecule has 0 fully saturated rings. The summed E-state index contributed by atoms with van der Waals surface area (Å²) < 4.78 is 47.0. The third-order valence-corrected chi connectivity index (χ3v) is 7.04. The maximum Gasteiger partial charge on any atom is 0.338 e. The van der Waals surface area contributed by atoms with Gasteiger partial charge in [0.1, 0.15) is 22.3 Å². The zero-order valence-corrected chi connectivity index (χ0v) is 19.8. The summed E-state index contributed by atoms with van der Waals surface area (Å²) in [6.07, 6.45) is 1.28. The van der Waals surface area contributed by atoms with E-state index in [0.717, 1.165) is 22.5 Å². The first-order valence-electron chi connectivity index (χ1n) is 10.5. The first-order valence-corrected chi connectivity index (χ1v) is 12.0. The van der Waals surface area contributed by atoms with Crippen LogP contribution in [0.4, 0.5) is 10.2 Å². The van der Waals surface area contributed by atoms with Gasteiger partial charge in [-0.3, -0.25) is 4.79 Å². The molecule has 12 heteroatoms. The van der Waals surface area contributed by atoms with Crippen LogP contribution in [0.2, 0.25) is 0 Å². The number of aromatic nitrogens is 2. The van der Waals surface area contributed by atoms with Gasteiger partial charge in [0.25, 0.3) is 5.91 Å². The summed E-state index contributed by atoms with van der Waals surface area (Å²) in [7, 11) is -4.16. The summed E-state index contributed by atoms with van der Waals surface area (Å²) >= 11 is 0. The molecule has 1 aromatic heterocycles. The van der Waals surface area contributed by atoms with Crippen molar-refractivity contribution in [2.75, 3.05) is 25.0 Å². The van der Waals surface area contributed by atoms with Crippen LogP contribution in [0.5, 0.6) is 0 Å². The number of hydrogen-bond acceptors (Lipinski definition) is 7. The molecule has 0 spiro atoms. The molecule has 0 saturated heterocycles. The highest BCUT2D eigenvalue weighted by molar-refractivity contribution is 7.89. The number of halogens is 1. The van der Waals surface area contributed by atoms with Gasteiger partial charge in [0.05, 0.1) is 17.4 Å². The number of amides is 1. The topological polar surface area (TPSA) is 134 Å². The highest BCUT2D eigenvalue weighted by Gasteiger charge is 2.27. The van der Waals surface area contributed by atoms with Crippen molar-refractivity contribution < 1.29 is 27.1 Å². The molecule has 0 aliphatic rings. The Morgan fingerprint density at radius 3 is 2.49 bits per heavy atom. The minimum Gasteiger partial charge on any atom is -0.452 e. The molecule has 0 unspecified atom stereocenters. The number of rotatable bonds is 9. The number of sulfonamides is 1. The van der Waals surface area contributed by atoms with E-state index in [-0.39, 0.29) is 30.0 Å². The van der Waals surface area contributed by atoms with Gasteiger partial charge >= 0.3 is 5.97 Å². The van der Waals surface area contributed by atoms with E-state index < -0.39 is 39.2 Å². The zero-order valence-electron chi connectivity index (χ0n) is 18.9. The summed E-state index contributed by atoms with van der Waals surface area (Å²) in [5.74, 6) is -2.70. The molecule has 0 saturated carbocycles. The van der Waals surface area contributed by atoms with Crippen molar-refractivity contribution in [1.29, 1.82) is 5.26 Å². The minimum atomic E-state index is -4.16. The molecule has 0 bridgehead atoms. The summed E-state index contributed by atoms with van der Waals surface area (Å²) in [5.41, 5.74) is 0.449. The molecule has 0 aliphatic heterocycles. The molecule has 0 aliphatic carbocycles. The van der Waals surface area contributed by atoms with Gasteiger partial charge in [-0.15, -0.1) is 0 Å². The fraction of sp³-hybridized carbons (Fsp3) is 0.217. The van der Waals surface area contributed by atoms with Crippen LogP contribution in [-0.4, -0.2) is 54.1 Å². The first-order chi connectivity index (χ1) is 16.7. The molecule has 0 atom stereocenters. The highest BCUT2D eigenvalue weighted by atomic mass is 32.2. The van der Waals surface area contributed by atoms with E-state index >= 15 is 0 Å². The Morgan fingerprint density at radius 1 is 1.17 bits per heavy atom. The van der Waals surface area contributed by atoms with Crippen LogP contribution in [-0.2, 0) is 19.6 Å². The molecular formula is C23H22FN5O5S. The van der Waals surface area contributed by atoms with Crippen molar-refractivity contribution in [2.24, 2.45) is 0 Å². The standard InChI is InChI=1S/C23H22FN5O5S/c1-3-28(4-2)35(32,33)20-12-16(10-11-19(20)24)23(31)34-15-21(30)27-22-17(13-25)14-26-29(22)18-8-6-5-7-9-18/h5-12,14H,3-4,15H2,1-2H3,(H,27,30). The number of hydrogen-bond donors (Lipinski definition) is 1. The number of anilines is 1. The maximum absolute atomic E-state index is 14.3. The lowest BCUT2D eigenvalue weighted by Crippen LogP contribution is -2.31. The van der Waals surface area contributed by atoms with E-state index in [0.29, 0.717) is 5.69 Å². The largest absolute Gasteiger partial charge is 0.452 e. The van der Waals surface area contributed by atoms with E-state index in [4.69, 9.17) is 4.74 Å². The second-order valence-corrected chi connectivity index (χ2v) is 9.03. The van der Waals surface area contributed by atoms with Gasteiger partial charge in [-0.1, -0.05) is 32.0 Å². The van der Waals surface area contributed by atoms with Crippen molar-refractivity contribution in [2.45, 2.75) is 18.7 Å². The van der Waals surface area contributed by atoms with Crippen LogP contribution in [0.3, 0.4) is 0 Å². The number of nitrogens with zero attached hydrogens (tertiary/aromatic N) is 4. The number of nitrogens with one attached hydrogen (secondary N) is 1. The van der Waals surface area contributed by atoms with E-state index in [1.807, 2.05) is 6.07 Å². The highest BCUT2D eigenvalue weighted by Crippen LogP contribution is 2.22. The van der Waals surface area contributed by atoms with E-state index in [1.54, 1.807) is 44.2 Å². The summed E-state index contributed by atoms with van der Waals surface area (Å²) in [6, 6.07) is 13.5. The molecule has 182 valence electrons. The number of benzene rings is 2. The predicted octanol–water partition coefficient (Wildman–Crippen LogP) is 2.71. The fourth-order valence-corrected chi connectivity index (χ4v) is 4.78. The number of carbonyl (C=O) groups is 2. The first kappa shape index (κ1) is 25.5. The van der Waals surface area contributed by atoms with Gasteiger partial charge < -0.3 is 10.1 Å². The molecule has 0 radical (unpaired) electrons. The second kappa shape index (κ2) is 10.9. The smallest absolute Gasteiger partial charge is 0.338 e. The Kier molecular flexibility index (Phi) is 7.95. The van der Waals surface area contributed by atoms with Crippen LogP contribution in [0, 0.1) is 17.1 Å². The van der Waals surface area contributed by atoms with Crippen molar-refractivity contribution >= 4 is 27.7 Å². The lowest BCUT2D eigenvalue weighted by atomic mass is 10.2. The number of nitriles is 1. The van der Waals surface area contributed by atoms with E-state index in [1.165, 1.54) is 10.9 Å². The van der Waals surface area contributed by atoms with Crippen LogP contribution < -0.4 is 5.32 Å². The number of carbonyl (C=O) groups excluding carboxylic acids is 2. The van der Waals surface area contributed by atoms with Gasteiger partial charge in [0, 0.05) is 13.1 Å². The Balaban J connectivity index is 1.74. The molecule has 1 heterocycles. The Labute approximate surface area is 201 Å². The molecular weight excluding hydrogens is 477 g/mol. The van der Waals surface area contributed by atoms with Crippen LogP contribution in [0.15, 0.2) is 59.6 Å². The molecule has 10 nitrogen and oxygen atoms in total. The van der Waals surface area contributed by atoms with Gasteiger partial charge in [0.2, 0.25) is 10.0 Å². The monoisotopic (exact) mass is 499 g/mol. The third kappa shape index (κ3) is 5.53. The minimum absolute atomic E-state index is 0.0918. The van der Waals surface area contributed by atoms with Crippen LogP contribution >= 0.6 is 0 Å². The summed E-state index contributed by atoms with van der Waals surface area (Å²) in [4.78, 5) is 24.2. The molecule has 3 rings (SSSR count). The fourth-order valence-electron chi connectivity index (χ4n) is 3.23. The zero-order chi connectivity index (χ0) is 25.6. The van der Waals surface area contributed by atoms with Gasteiger partial charge in [-0.2, -0.15) is 14.7 Å².